The number of hydrogen-bond donors (Lipinski definition) is 0. The van der Waals surface area contributed by atoms with Crippen LogP contribution in [0.25, 0.3) is 0 Å². The summed E-state index contributed by atoms with van der Waals surface area (Å²) in [5.74, 6) is 0.878. The van der Waals surface area contributed by atoms with Crippen LogP contribution < -0.4 is 4.90 Å². The summed E-state index contributed by atoms with van der Waals surface area (Å²) in [5, 5.41) is 0. The van der Waals surface area contributed by atoms with Crippen molar-refractivity contribution in [1.82, 2.24) is 19.7 Å². The van der Waals surface area contributed by atoms with Gasteiger partial charge in [-0.3, -0.25) is 19.5 Å². The van der Waals surface area contributed by atoms with E-state index in [1.54, 1.807) is 4.90 Å². The number of carbonyl (C=O) groups excluding carboxylic acids is 2. The molecule has 0 bridgehead atoms. The van der Waals surface area contributed by atoms with Crippen LogP contribution >= 0.6 is 0 Å². The average molecular weight is 374 g/mol. The lowest BCUT2D eigenvalue weighted by Gasteiger charge is -2.35. The molecule has 2 saturated heterocycles. The van der Waals surface area contributed by atoms with E-state index in [0.29, 0.717) is 25.6 Å². The third-order valence-corrected chi connectivity index (χ3v) is 5.84. The number of amides is 2. The molecule has 0 spiro atoms. The molecule has 0 atom stereocenters. The molecule has 1 aromatic rings. The number of likely N-dealkylation sites (N-methyl/N-ethyl adjacent to an activating group) is 2. The maximum atomic E-state index is 12.5. The molecule has 0 saturated carbocycles. The Labute approximate surface area is 161 Å². The van der Waals surface area contributed by atoms with Crippen molar-refractivity contribution < 1.29 is 9.59 Å². The second kappa shape index (κ2) is 9.17. The highest BCUT2D eigenvalue weighted by Gasteiger charge is 2.24. The quantitative estimate of drug-likeness (QED) is 0.742. The molecule has 148 valence electrons. The minimum Gasteiger partial charge on any atom is -0.371 e. The summed E-state index contributed by atoms with van der Waals surface area (Å²) < 4.78 is 0. The van der Waals surface area contributed by atoms with E-state index in [0.717, 1.165) is 45.4 Å². The summed E-state index contributed by atoms with van der Waals surface area (Å²) >= 11 is 0. The number of aromatic nitrogens is 1. The zero-order valence-electron chi connectivity index (χ0n) is 16.5. The summed E-state index contributed by atoms with van der Waals surface area (Å²) in [7, 11) is 3.69. The first-order valence-electron chi connectivity index (χ1n) is 9.88. The van der Waals surface area contributed by atoms with Gasteiger partial charge in [0.15, 0.2) is 0 Å². The zero-order valence-corrected chi connectivity index (χ0v) is 16.5. The lowest BCUT2D eigenvalue weighted by Crippen LogP contribution is -2.51. The van der Waals surface area contributed by atoms with Crippen molar-refractivity contribution in [3.63, 3.8) is 0 Å². The van der Waals surface area contributed by atoms with Crippen molar-refractivity contribution in [1.29, 1.82) is 0 Å². The number of piperazine rings is 1. The number of rotatable bonds is 6. The van der Waals surface area contributed by atoms with Gasteiger partial charge < -0.3 is 14.7 Å². The summed E-state index contributed by atoms with van der Waals surface area (Å²) in [6.07, 6.45) is 7.06. The van der Waals surface area contributed by atoms with Crippen molar-refractivity contribution >= 4 is 17.5 Å². The molecule has 7 heteroatoms. The average Bonchev–Trinajstić information content (AvgIpc) is 2.70. The number of piperidine rings is 1. The van der Waals surface area contributed by atoms with Gasteiger partial charge in [-0.25, -0.2) is 0 Å². The Morgan fingerprint density at radius 2 is 1.89 bits per heavy atom. The normalized spacial score (nSPS) is 19.4. The molecule has 0 radical (unpaired) electrons. The number of nitrogens with zero attached hydrogens (tertiary/aromatic N) is 5. The van der Waals surface area contributed by atoms with Crippen LogP contribution in [0.1, 0.15) is 19.3 Å². The van der Waals surface area contributed by atoms with Crippen molar-refractivity contribution in [2.24, 2.45) is 5.92 Å². The third kappa shape index (κ3) is 5.42. The zero-order chi connectivity index (χ0) is 19.2. The molecule has 0 N–H and O–H groups in total. The molecule has 0 aliphatic carbocycles. The molecule has 2 amide bonds. The summed E-state index contributed by atoms with van der Waals surface area (Å²) in [6.45, 7) is 5.09. The maximum absolute atomic E-state index is 12.5. The Balaban J connectivity index is 1.36. The van der Waals surface area contributed by atoms with E-state index in [2.05, 4.69) is 22.0 Å². The van der Waals surface area contributed by atoms with E-state index in [9.17, 15) is 9.59 Å². The van der Waals surface area contributed by atoms with Crippen LogP contribution in [0, 0.1) is 5.92 Å². The molecule has 3 heterocycles. The van der Waals surface area contributed by atoms with Crippen LogP contribution in [0.5, 0.6) is 0 Å². The fraction of sp³-hybridized carbons (Fsp3) is 0.650. The number of anilines is 1. The van der Waals surface area contributed by atoms with Crippen LogP contribution in [0.15, 0.2) is 24.5 Å². The van der Waals surface area contributed by atoms with Crippen LogP contribution in [0.2, 0.25) is 0 Å². The van der Waals surface area contributed by atoms with Crippen molar-refractivity contribution in [3.05, 3.63) is 24.5 Å². The van der Waals surface area contributed by atoms with Gasteiger partial charge in [0.05, 0.1) is 13.1 Å². The lowest BCUT2D eigenvalue weighted by atomic mass is 9.93. The lowest BCUT2D eigenvalue weighted by molar-refractivity contribution is -0.137. The van der Waals surface area contributed by atoms with E-state index in [4.69, 9.17) is 0 Å². The first-order valence-corrected chi connectivity index (χ1v) is 9.88. The summed E-state index contributed by atoms with van der Waals surface area (Å²) in [5.41, 5.74) is 1.25. The second-order valence-corrected chi connectivity index (χ2v) is 7.77. The van der Waals surface area contributed by atoms with Gasteiger partial charge in [-0.2, -0.15) is 0 Å². The standard InChI is InChI=1S/C20H31N5O2/c1-22(19(26)15-24-14-13-23(2)20(27)16-24)10-5-17-6-11-25(12-7-17)18-3-8-21-9-4-18/h3-4,8-9,17H,5-7,10-16H2,1-2H3. The fourth-order valence-corrected chi connectivity index (χ4v) is 3.79. The molecule has 3 rings (SSSR count). The third-order valence-electron chi connectivity index (χ3n) is 5.84. The molecule has 2 fully saturated rings. The summed E-state index contributed by atoms with van der Waals surface area (Å²) in [4.78, 5) is 36.2. The van der Waals surface area contributed by atoms with E-state index < -0.39 is 0 Å². The SMILES string of the molecule is CN(CCC1CCN(c2ccncc2)CC1)C(=O)CN1CCN(C)C(=O)C1. The predicted molar refractivity (Wildman–Crippen MR) is 106 cm³/mol. The van der Waals surface area contributed by atoms with Gasteiger partial charge in [-0.15, -0.1) is 0 Å². The highest BCUT2D eigenvalue weighted by Crippen LogP contribution is 2.24. The molecule has 0 unspecified atom stereocenters. The van der Waals surface area contributed by atoms with Gasteiger partial charge in [0.25, 0.3) is 0 Å². The summed E-state index contributed by atoms with van der Waals surface area (Å²) in [6, 6.07) is 4.13. The van der Waals surface area contributed by atoms with Gasteiger partial charge in [-0.05, 0) is 37.3 Å². The van der Waals surface area contributed by atoms with Gasteiger partial charge >= 0.3 is 0 Å². The van der Waals surface area contributed by atoms with Crippen molar-refractivity contribution in [2.75, 3.05) is 64.8 Å². The monoisotopic (exact) mass is 373 g/mol. The first-order chi connectivity index (χ1) is 13.0. The Kier molecular flexibility index (Phi) is 6.66. The Morgan fingerprint density at radius 3 is 2.56 bits per heavy atom. The Morgan fingerprint density at radius 1 is 1.19 bits per heavy atom. The van der Waals surface area contributed by atoms with E-state index in [1.807, 2.05) is 36.3 Å². The molecule has 2 aliphatic heterocycles. The first kappa shape index (κ1) is 19.6. The van der Waals surface area contributed by atoms with Crippen molar-refractivity contribution in [2.45, 2.75) is 19.3 Å². The Bertz CT molecular complexity index is 631. The molecular formula is C20H31N5O2. The van der Waals surface area contributed by atoms with E-state index in [-0.39, 0.29) is 11.8 Å². The molecule has 7 nitrogen and oxygen atoms in total. The molecular weight excluding hydrogens is 342 g/mol. The van der Waals surface area contributed by atoms with E-state index in [1.165, 1.54) is 5.69 Å². The van der Waals surface area contributed by atoms with Crippen LogP contribution in [-0.2, 0) is 9.59 Å². The minimum atomic E-state index is 0.0951. The molecule has 2 aliphatic rings. The Hall–Kier alpha value is -2.15. The van der Waals surface area contributed by atoms with Gasteiger partial charge in [0.1, 0.15) is 0 Å². The second-order valence-electron chi connectivity index (χ2n) is 7.77. The highest BCUT2D eigenvalue weighted by molar-refractivity contribution is 5.81. The number of carbonyl (C=O) groups is 2. The molecule has 27 heavy (non-hydrogen) atoms. The number of hydrogen-bond acceptors (Lipinski definition) is 5. The van der Waals surface area contributed by atoms with E-state index >= 15 is 0 Å². The van der Waals surface area contributed by atoms with Crippen LogP contribution in [0.3, 0.4) is 0 Å². The van der Waals surface area contributed by atoms with Gasteiger partial charge in [0, 0.05) is 64.9 Å². The number of pyridine rings is 1. The molecule has 0 aromatic carbocycles. The predicted octanol–water partition coefficient (Wildman–Crippen LogP) is 0.921. The topological polar surface area (TPSA) is 60.0 Å². The van der Waals surface area contributed by atoms with Gasteiger partial charge in [-0.1, -0.05) is 0 Å². The largest absolute Gasteiger partial charge is 0.371 e. The minimum absolute atomic E-state index is 0.0951. The van der Waals surface area contributed by atoms with Crippen LogP contribution in [0.4, 0.5) is 5.69 Å². The molecule has 1 aromatic heterocycles. The smallest absolute Gasteiger partial charge is 0.236 e. The van der Waals surface area contributed by atoms with Crippen molar-refractivity contribution in [3.8, 4) is 0 Å². The highest BCUT2D eigenvalue weighted by atomic mass is 16.2. The fourth-order valence-electron chi connectivity index (χ4n) is 3.79. The van der Waals surface area contributed by atoms with Gasteiger partial charge in [0.2, 0.25) is 11.8 Å². The van der Waals surface area contributed by atoms with Crippen LogP contribution in [-0.4, -0.2) is 91.4 Å². The maximum Gasteiger partial charge on any atom is 0.236 e.